The molecule has 0 bridgehead atoms. The smallest absolute Gasteiger partial charge is 0.409 e. The number of fused-ring (bicyclic) bond motifs is 1. The fourth-order valence-corrected chi connectivity index (χ4v) is 5.04. The van der Waals surface area contributed by atoms with Crippen molar-refractivity contribution < 1.29 is 23.5 Å². The molecule has 1 amide bonds. The molecule has 2 aromatic carbocycles. The molecule has 3 rings (SSSR count). The highest BCUT2D eigenvalue weighted by Crippen LogP contribution is 2.49. The van der Waals surface area contributed by atoms with Gasteiger partial charge in [-0.3, -0.25) is 14.4 Å². The third-order valence-electron chi connectivity index (χ3n) is 4.51. The first-order chi connectivity index (χ1) is 16.1. The number of nitrogens with zero attached hydrogens (tertiary/aromatic N) is 2. The van der Waals surface area contributed by atoms with E-state index in [0.717, 1.165) is 27.9 Å². The third-order valence-corrected chi connectivity index (χ3v) is 6.93. The van der Waals surface area contributed by atoms with Gasteiger partial charge in [0.2, 0.25) is 5.88 Å². The van der Waals surface area contributed by atoms with E-state index in [1.54, 1.807) is 6.07 Å². The number of carboxylic acid groups (broad SMARTS) is 1. The van der Waals surface area contributed by atoms with E-state index in [0.29, 0.717) is 24.8 Å². The summed E-state index contributed by atoms with van der Waals surface area (Å²) in [7, 11) is 0. The van der Waals surface area contributed by atoms with Crippen molar-refractivity contribution in [2.45, 2.75) is 47.5 Å². The van der Waals surface area contributed by atoms with Crippen LogP contribution in [0.5, 0.6) is 5.88 Å². The lowest BCUT2D eigenvalue weighted by atomic mass is 10.0. The topological polar surface area (TPSA) is 103 Å². The van der Waals surface area contributed by atoms with Crippen LogP contribution in [0.1, 0.15) is 50.7 Å². The Kier molecular flexibility index (Phi) is 10.4. The van der Waals surface area contributed by atoms with Crippen LogP contribution in [0.3, 0.4) is 0 Å². The fraction of sp³-hybridized carbons (Fsp3) is 0.375. The van der Waals surface area contributed by atoms with Crippen molar-refractivity contribution >= 4 is 41.1 Å². The van der Waals surface area contributed by atoms with Crippen LogP contribution in [0, 0.1) is 13.8 Å². The van der Waals surface area contributed by atoms with Crippen LogP contribution in [-0.4, -0.2) is 34.4 Å². The molecular weight excluding hydrogens is 473 g/mol. The minimum atomic E-state index is -2.77. The first-order valence-corrected chi connectivity index (χ1v) is 13.6. The first-order valence-electron chi connectivity index (χ1n) is 11.0. The number of aryl methyl sites for hydroxylation is 2. The predicted octanol–water partition coefficient (Wildman–Crippen LogP) is 6.82. The number of aromatic nitrogens is 2. The summed E-state index contributed by atoms with van der Waals surface area (Å²) in [6.45, 7) is 9.66. The Bertz CT molecular complexity index is 1160. The summed E-state index contributed by atoms with van der Waals surface area (Å²) in [5, 5.41) is 13.1. The zero-order chi connectivity index (χ0) is 25.3. The number of benzene rings is 2. The van der Waals surface area contributed by atoms with E-state index < -0.39 is 12.8 Å². The van der Waals surface area contributed by atoms with Gasteiger partial charge < -0.3 is 9.63 Å². The molecule has 0 aliphatic rings. The Balaban J connectivity index is 0.000000246. The zero-order valence-corrected chi connectivity index (χ0v) is 22.1. The summed E-state index contributed by atoms with van der Waals surface area (Å²) in [4.78, 5) is 19.4. The second kappa shape index (κ2) is 12.8. The third kappa shape index (κ3) is 8.02. The highest BCUT2D eigenvalue weighted by molar-refractivity contribution is 8.07. The van der Waals surface area contributed by atoms with Crippen LogP contribution >= 0.6 is 6.72 Å². The molecule has 0 radical (unpaired) electrons. The Morgan fingerprint density at radius 1 is 1.09 bits per heavy atom. The summed E-state index contributed by atoms with van der Waals surface area (Å²) in [6, 6.07) is 13.3. The highest BCUT2D eigenvalue weighted by atomic mass is 32.5. The molecular formula is C24H32N3O5PS. The van der Waals surface area contributed by atoms with Gasteiger partial charge in [-0.2, -0.15) is 4.98 Å². The average Bonchev–Trinajstić information content (AvgIpc) is 2.76. The molecule has 2 N–H and O–H groups in total. The molecule has 0 saturated heterocycles. The van der Waals surface area contributed by atoms with Crippen molar-refractivity contribution in [3.63, 3.8) is 0 Å². The molecule has 34 heavy (non-hydrogen) atoms. The maximum Gasteiger partial charge on any atom is 0.409 e. The van der Waals surface area contributed by atoms with Crippen LogP contribution in [0.4, 0.5) is 10.5 Å². The number of anilines is 1. The van der Waals surface area contributed by atoms with Gasteiger partial charge in [0.15, 0.2) is 0 Å². The first kappa shape index (κ1) is 27.7. The van der Waals surface area contributed by atoms with Crippen molar-refractivity contribution in [2.75, 3.05) is 18.5 Å². The molecule has 3 aromatic rings. The van der Waals surface area contributed by atoms with E-state index in [9.17, 15) is 4.79 Å². The van der Waals surface area contributed by atoms with Gasteiger partial charge >= 0.3 is 12.8 Å². The van der Waals surface area contributed by atoms with Crippen LogP contribution in [0.2, 0.25) is 0 Å². The van der Waals surface area contributed by atoms with E-state index in [2.05, 4.69) is 15.3 Å². The van der Waals surface area contributed by atoms with Crippen LogP contribution in [0.15, 0.2) is 42.5 Å². The molecule has 0 aliphatic heterocycles. The fourth-order valence-electron chi connectivity index (χ4n) is 3.04. The van der Waals surface area contributed by atoms with Crippen molar-refractivity contribution in [1.82, 2.24) is 9.97 Å². The Morgan fingerprint density at radius 3 is 2.32 bits per heavy atom. The number of hydrogen-bond donors (Lipinski definition) is 2. The van der Waals surface area contributed by atoms with E-state index in [4.69, 9.17) is 30.5 Å². The number of nitrogens with one attached hydrogen (secondary N) is 1. The standard InChI is InChI=1S/C12H21N2O3PS.C12H11NO2/c1-6-15-18(19,16-7-2)17-11-8-10(5)13-12(14-11)9(3)4;1-8-6-7-9-4-2-3-5-10(9)11(8)13-12(14)15/h8-9H,6-7H2,1-5H3;2-7,13H,1H3,(H,14,15). The monoisotopic (exact) mass is 505 g/mol. The molecule has 0 aliphatic carbocycles. The zero-order valence-electron chi connectivity index (χ0n) is 20.4. The van der Waals surface area contributed by atoms with Crippen molar-refractivity contribution in [3.8, 4) is 5.88 Å². The molecule has 0 atom stereocenters. The van der Waals surface area contributed by atoms with Gasteiger partial charge in [-0.05, 0) is 38.6 Å². The van der Waals surface area contributed by atoms with Gasteiger partial charge in [-0.25, -0.2) is 9.78 Å². The van der Waals surface area contributed by atoms with Crippen molar-refractivity contribution in [2.24, 2.45) is 0 Å². The van der Waals surface area contributed by atoms with E-state index in [1.807, 2.05) is 77.9 Å². The number of carbonyl (C=O) groups is 1. The average molecular weight is 506 g/mol. The SMILES string of the molecule is CCOP(=S)(OCC)Oc1cc(C)nc(C(C)C)n1.Cc1ccc2ccccc2c1NC(=O)O. The normalized spacial score (nSPS) is 11.1. The quantitative estimate of drug-likeness (QED) is 0.321. The van der Waals surface area contributed by atoms with Crippen LogP contribution in [0.25, 0.3) is 10.8 Å². The van der Waals surface area contributed by atoms with Gasteiger partial charge in [0, 0.05) is 34.9 Å². The van der Waals surface area contributed by atoms with Gasteiger partial charge in [0.1, 0.15) is 5.82 Å². The molecule has 1 aromatic heterocycles. The summed E-state index contributed by atoms with van der Waals surface area (Å²) in [5.41, 5.74) is 2.43. The lowest BCUT2D eigenvalue weighted by Crippen LogP contribution is -2.08. The lowest BCUT2D eigenvalue weighted by Gasteiger charge is -2.20. The Morgan fingerprint density at radius 2 is 1.74 bits per heavy atom. The molecule has 8 nitrogen and oxygen atoms in total. The minimum absolute atomic E-state index is 0.222. The maximum atomic E-state index is 10.7. The predicted molar refractivity (Wildman–Crippen MR) is 139 cm³/mol. The number of hydrogen-bond acceptors (Lipinski definition) is 7. The molecule has 0 unspecified atom stereocenters. The summed E-state index contributed by atoms with van der Waals surface area (Å²) >= 11 is 5.32. The molecule has 0 saturated carbocycles. The van der Waals surface area contributed by atoms with Gasteiger partial charge in [-0.1, -0.05) is 50.2 Å². The van der Waals surface area contributed by atoms with Gasteiger partial charge in [-0.15, -0.1) is 0 Å². The van der Waals surface area contributed by atoms with Crippen molar-refractivity contribution in [1.29, 1.82) is 0 Å². The second-order valence-electron chi connectivity index (χ2n) is 7.64. The lowest BCUT2D eigenvalue weighted by molar-refractivity contribution is 0.209. The van der Waals surface area contributed by atoms with Gasteiger partial charge in [0.25, 0.3) is 0 Å². The second-order valence-corrected chi connectivity index (χ2v) is 10.6. The number of amides is 1. The largest absolute Gasteiger partial charge is 0.465 e. The summed E-state index contributed by atoms with van der Waals surface area (Å²) in [5.74, 6) is 1.37. The van der Waals surface area contributed by atoms with Crippen LogP contribution < -0.4 is 9.84 Å². The van der Waals surface area contributed by atoms with Gasteiger partial charge in [0.05, 0.1) is 18.9 Å². The van der Waals surface area contributed by atoms with E-state index in [1.165, 1.54) is 0 Å². The summed E-state index contributed by atoms with van der Waals surface area (Å²) in [6.07, 6.45) is -1.03. The molecule has 0 fully saturated rings. The van der Waals surface area contributed by atoms with E-state index in [-0.39, 0.29) is 5.92 Å². The number of rotatable bonds is 8. The molecule has 10 heteroatoms. The summed E-state index contributed by atoms with van der Waals surface area (Å²) < 4.78 is 16.6. The highest BCUT2D eigenvalue weighted by Gasteiger charge is 2.22. The maximum absolute atomic E-state index is 10.7. The molecule has 184 valence electrons. The molecule has 1 heterocycles. The Hall–Kier alpha value is -2.58. The van der Waals surface area contributed by atoms with E-state index >= 15 is 0 Å². The minimum Gasteiger partial charge on any atom is -0.465 e. The molecule has 0 spiro atoms. The van der Waals surface area contributed by atoms with Crippen molar-refractivity contribution in [3.05, 3.63) is 59.5 Å². The Labute approximate surface area is 205 Å². The van der Waals surface area contributed by atoms with Crippen LogP contribution in [-0.2, 0) is 20.9 Å².